The van der Waals surface area contributed by atoms with Gasteiger partial charge in [0, 0.05) is 35.1 Å². The van der Waals surface area contributed by atoms with Crippen LogP contribution in [-0.2, 0) is 0 Å². The molecule has 0 saturated carbocycles. The summed E-state index contributed by atoms with van der Waals surface area (Å²) in [4.78, 5) is 18.5. The number of benzene rings is 1. The highest BCUT2D eigenvalue weighted by Gasteiger charge is 2.20. The molecule has 2 aromatic rings. The van der Waals surface area contributed by atoms with Gasteiger partial charge in [-0.25, -0.2) is 5.43 Å². The average molecular weight is 583 g/mol. The van der Waals surface area contributed by atoms with E-state index in [9.17, 15) is 5.11 Å². The minimum Gasteiger partial charge on any atom is -0.504 e. The maximum atomic E-state index is 10.6. The molecule has 0 spiro atoms. The molecule has 1 aromatic carbocycles. The van der Waals surface area contributed by atoms with Crippen LogP contribution in [0.3, 0.4) is 0 Å². The first kappa shape index (κ1) is 24.0. The van der Waals surface area contributed by atoms with Crippen molar-refractivity contribution >= 4 is 55.9 Å². The third-order valence-corrected chi connectivity index (χ3v) is 7.75. The lowest BCUT2D eigenvalue weighted by Gasteiger charge is -2.30. The Hall–Kier alpha value is -2.14. The first-order chi connectivity index (χ1) is 16.1. The Bertz CT molecular complexity index is 957. The number of nitrogens with one attached hydrogen (secondary N) is 1. The number of rotatable bonds is 7. The second-order valence-electron chi connectivity index (χ2n) is 8.09. The van der Waals surface area contributed by atoms with Gasteiger partial charge in [0.2, 0.25) is 17.8 Å². The van der Waals surface area contributed by atoms with Gasteiger partial charge in [0.25, 0.3) is 0 Å². The van der Waals surface area contributed by atoms with E-state index in [1.165, 1.54) is 19.1 Å². The van der Waals surface area contributed by atoms with Crippen molar-refractivity contribution in [2.75, 3.05) is 48.0 Å². The van der Waals surface area contributed by atoms with Gasteiger partial charge < -0.3 is 19.6 Å². The van der Waals surface area contributed by atoms with Gasteiger partial charge in [-0.2, -0.15) is 20.1 Å². The van der Waals surface area contributed by atoms with E-state index in [1.54, 1.807) is 6.07 Å². The molecule has 3 heterocycles. The van der Waals surface area contributed by atoms with Crippen molar-refractivity contribution in [3.8, 4) is 11.5 Å². The zero-order valence-electron chi connectivity index (χ0n) is 18.7. The highest BCUT2D eigenvalue weighted by molar-refractivity contribution is 9.13. The topological polar surface area (TPSA) is 99.0 Å². The Kier molecular flexibility index (Phi) is 8.24. The summed E-state index contributed by atoms with van der Waals surface area (Å²) in [7, 11) is 0. The molecular formula is C22H29Br2N7O2. The smallest absolute Gasteiger partial charge is 0.250 e. The second kappa shape index (κ2) is 11.3. The van der Waals surface area contributed by atoms with Gasteiger partial charge in [0.15, 0.2) is 11.5 Å². The number of hydrogen-bond donors (Lipinski definition) is 2. The van der Waals surface area contributed by atoms with E-state index in [-0.39, 0.29) is 5.75 Å². The number of nitrogens with zero attached hydrogens (tertiary/aromatic N) is 6. The largest absolute Gasteiger partial charge is 0.504 e. The fourth-order valence-corrected chi connectivity index (χ4v) is 4.85. The van der Waals surface area contributed by atoms with Crippen LogP contribution in [0.2, 0.25) is 0 Å². The van der Waals surface area contributed by atoms with Crippen molar-refractivity contribution in [1.82, 2.24) is 15.0 Å². The zero-order valence-corrected chi connectivity index (χ0v) is 21.9. The quantitative estimate of drug-likeness (QED) is 0.350. The lowest BCUT2D eigenvalue weighted by Crippen LogP contribution is -2.34. The van der Waals surface area contributed by atoms with E-state index in [2.05, 4.69) is 62.2 Å². The molecular weight excluding hydrogens is 554 g/mol. The van der Waals surface area contributed by atoms with Crippen molar-refractivity contribution in [1.29, 1.82) is 0 Å². The summed E-state index contributed by atoms with van der Waals surface area (Å²) in [6.07, 6.45) is 8.58. The maximum Gasteiger partial charge on any atom is 0.250 e. The minimum atomic E-state index is 0.0103. The number of piperidine rings is 2. The Morgan fingerprint density at radius 3 is 2.12 bits per heavy atom. The van der Waals surface area contributed by atoms with Gasteiger partial charge in [-0.15, -0.1) is 0 Å². The number of aromatic nitrogens is 3. The number of ether oxygens (including phenoxy) is 1. The predicted octanol–water partition coefficient (Wildman–Crippen LogP) is 4.93. The van der Waals surface area contributed by atoms with E-state index in [1.807, 2.05) is 6.92 Å². The van der Waals surface area contributed by atoms with Crippen molar-refractivity contribution in [2.45, 2.75) is 45.4 Å². The van der Waals surface area contributed by atoms with Crippen LogP contribution in [0.25, 0.3) is 0 Å². The predicted molar refractivity (Wildman–Crippen MR) is 138 cm³/mol. The number of phenolic OH excluding ortho intramolecular Hbond substituents is 1. The molecule has 2 fully saturated rings. The summed E-state index contributed by atoms with van der Waals surface area (Å²) in [6, 6.07) is 1.72. The van der Waals surface area contributed by atoms with Crippen LogP contribution in [0.15, 0.2) is 20.1 Å². The van der Waals surface area contributed by atoms with Gasteiger partial charge in [0.05, 0.1) is 18.4 Å². The Labute approximate surface area is 210 Å². The number of anilines is 3. The molecule has 1 aromatic heterocycles. The van der Waals surface area contributed by atoms with Crippen molar-refractivity contribution in [3.05, 3.63) is 20.6 Å². The van der Waals surface area contributed by atoms with Gasteiger partial charge in [-0.1, -0.05) is 0 Å². The van der Waals surface area contributed by atoms with Crippen LogP contribution in [-0.4, -0.2) is 59.1 Å². The molecule has 11 heteroatoms. The fourth-order valence-electron chi connectivity index (χ4n) is 4.02. The number of halogens is 2. The normalized spacial score (nSPS) is 16.9. The minimum absolute atomic E-state index is 0.0103. The lowest BCUT2D eigenvalue weighted by molar-refractivity contribution is 0.317. The van der Waals surface area contributed by atoms with Crippen LogP contribution in [0, 0.1) is 0 Å². The van der Waals surface area contributed by atoms with Crippen molar-refractivity contribution in [3.63, 3.8) is 0 Å². The van der Waals surface area contributed by atoms with Gasteiger partial charge in [0.1, 0.15) is 0 Å². The van der Waals surface area contributed by atoms with Crippen LogP contribution < -0.4 is 20.0 Å². The van der Waals surface area contributed by atoms with E-state index in [0.29, 0.717) is 40.2 Å². The van der Waals surface area contributed by atoms with Gasteiger partial charge >= 0.3 is 0 Å². The molecule has 4 rings (SSSR count). The maximum absolute atomic E-state index is 10.6. The summed E-state index contributed by atoms with van der Waals surface area (Å²) >= 11 is 6.98. The number of aromatic hydroxyl groups is 1. The second-order valence-corrected chi connectivity index (χ2v) is 9.74. The van der Waals surface area contributed by atoms with E-state index in [0.717, 1.165) is 56.3 Å². The monoisotopic (exact) mass is 581 g/mol. The SMILES string of the molecule is CCOc1cc(Br)c(Br)c(/C=N/Nc2nc(N3CCCCC3)nc(N3CCCCC3)n2)c1O. The zero-order chi connectivity index (χ0) is 23.2. The summed E-state index contributed by atoms with van der Waals surface area (Å²) < 4.78 is 6.95. The fraction of sp³-hybridized carbons (Fsp3) is 0.545. The molecule has 178 valence electrons. The molecule has 2 aliphatic heterocycles. The summed E-state index contributed by atoms with van der Waals surface area (Å²) in [6.45, 7) is 6.11. The van der Waals surface area contributed by atoms with Crippen LogP contribution in [0.4, 0.5) is 17.8 Å². The van der Waals surface area contributed by atoms with E-state index >= 15 is 0 Å². The lowest BCUT2D eigenvalue weighted by atomic mass is 10.1. The highest BCUT2D eigenvalue weighted by atomic mass is 79.9. The number of phenols is 1. The standard InChI is InChI=1S/C22H29Br2N7O2/c1-2-33-17-13-16(23)18(24)15(19(17)32)14-25-29-20-26-21(30-9-5-3-6-10-30)28-22(27-20)31-11-7-4-8-12-31/h13-14,32H,2-12H2,1H3,(H,26,27,28,29)/b25-14+. The van der Waals surface area contributed by atoms with Crippen molar-refractivity contribution < 1.29 is 9.84 Å². The third-order valence-electron chi connectivity index (χ3n) is 5.74. The summed E-state index contributed by atoms with van der Waals surface area (Å²) in [5, 5.41) is 14.9. The van der Waals surface area contributed by atoms with Gasteiger partial charge in [-0.3, -0.25) is 0 Å². The summed E-state index contributed by atoms with van der Waals surface area (Å²) in [5.74, 6) is 2.16. The Morgan fingerprint density at radius 1 is 1.00 bits per heavy atom. The number of hydrazone groups is 1. The third kappa shape index (κ3) is 5.87. The van der Waals surface area contributed by atoms with Crippen LogP contribution in [0.5, 0.6) is 11.5 Å². The van der Waals surface area contributed by atoms with Gasteiger partial charge in [-0.05, 0) is 83.4 Å². The molecule has 2 N–H and O–H groups in total. The van der Waals surface area contributed by atoms with E-state index in [4.69, 9.17) is 9.72 Å². The Morgan fingerprint density at radius 2 is 1.58 bits per heavy atom. The Balaban J connectivity index is 1.60. The molecule has 2 saturated heterocycles. The molecule has 9 nitrogen and oxygen atoms in total. The first-order valence-electron chi connectivity index (χ1n) is 11.5. The van der Waals surface area contributed by atoms with Crippen LogP contribution in [0.1, 0.15) is 51.0 Å². The average Bonchev–Trinajstić information content (AvgIpc) is 2.85. The molecule has 0 unspecified atom stereocenters. The molecule has 0 aliphatic carbocycles. The van der Waals surface area contributed by atoms with E-state index < -0.39 is 0 Å². The van der Waals surface area contributed by atoms with Crippen molar-refractivity contribution in [2.24, 2.45) is 5.10 Å². The highest BCUT2D eigenvalue weighted by Crippen LogP contribution is 2.39. The molecule has 0 bridgehead atoms. The molecule has 2 aliphatic rings. The molecule has 0 radical (unpaired) electrons. The number of hydrogen-bond acceptors (Lipinski definition) is 9. The molecule has 0 atom stereocenters. The van der Waals surface area contributed by atoms with Crippen LogP contribution >= 0.6 is 31.9 Å². The molecule has 0 amide bonds. The summed E-state index contributed by atoms with van der Waals surface area (Å²) in [5.41, 5.74) is 3.43. The molecule has 33 heavy (non-hydrogen) atoms. The first-order valence-corrected chi connectivity index (χ1v) is 13.0.